The van der Waals surface area contributed by atoms with Crippen molar-refractivity contribution in [1.82, 2.24) is 5.16 Å². The summed E-state index contributed by atoms with van der Waals surface area (Å²) >= 11 is 3.24. The van der Waals surface area contributed by atoms with Crippen LogP contribution in [0.5, 0.6) is 0 Å². The second-order valence-electron chi connectivity index (χ2n) is 4.57. The van der Waals surface area contributed by atoms with Crippen LogP contribution in [0.25, 0.3) is 0 Å². The van der Waals surface area contributed by atoms with Gasteiger partial charge in [0.15, 0.2) is 0 Å². The number of halogens is 2. The van der Waals surface area contributed by atoms with Crippen LogP contribution in [-0.2, 0) is 4.79 Å². The summed E-state index contributed by atoms with van der Waals surface area (Å²) in [7, 11) is 0. The Balaban J connectivity index is 2.22. The molecule has 0 aliphatic carbocycles. The van der Waals surface area contributed by atoms with Gasteiger partial charge in [0.25, 0.3) is 0 Å². The van der Waals surface area contributed by atoms with Gasteiger partial charge in [-0.15, -0.1) is 0 Å². The second-order valence-corrected chi connectivity index (χ2v) is 5.49. The minimum atomic E-state index is -0.479. The molecule has 1 aromatic carbocycles. The molecule has 6 heteroatoms. The summed E-state index contributed by atoms with van der Waals surface area (Å²) in [5.74, 6) is -0.664. The predicted molar refractivity (Wildman–Crippen MR) is 77.1 cm³/mol. The first-order chi connectivity index (χ1) is 9.40. The average Bonchev–Trinajstić information content (AvgIpc) is 2.72. The van der Waals surface area contributed by atoms with Gasteiger partial charge < -0.3 is 9.84 Å². The number of anilines is 1. The summed E-state index contributed by atoms with van der Waals surface area (Å²) in [5.41, 5.74) is 1.54. The SMILES string of the molecule is Cc1noc(C)c1[C@H](C)C(=O)Nc1cc(Br)ccc1F. The monoisotopic (exact) mass is 340 g/mol. The van der Waals surface area contributed by atoms with Crippen molar-refractivity contribution in [3.05, 3.63) is 45.5 Å². The Morgan fingerprint density at radius 3 is 2.75 bits per heavy atom. The molecule has 106 valence electrons. The lowest BCUT2D eigenvalue weighted by atomic mass is 9.98. The van der Waals surface area contributed by atoms with E-state index in [2.05, 4.69) is 26.4 Å². The smallest absolute Gasteiger partial charge is 0.231 e. The van der Waals surface area contributed by atoms with Gasteiger partial charge in [-0.2, -0.15) is 0 Å². The van der Waals surface area contributed by atoms with Crippen LogP contribution in [0, 0.1) is 19.7 Å². The summed E-state index contributed by atoms with van der Waals surface area (Å²) in [6.45, 7) is 5.26. The van der Waals surface area contributed by atoms with Gasteiger partial charge in [-0.1, -0.05) is 21.1 Å². The molecule has 0 unspecified atom stereocenters. The molecule has 4 nitrogen and oxygen atoms in total. The Bertz CT molecular complexity index is 635. The van der Waals surface area contributed by atoms with Crippen LogP contribution in [0.1, 0.15) is 29.9 Å². The van der Waals surface area contributed by atoms with E-state index in [4.69, 9.17) is 4.52 Å². The van der Waals surface area contributed by atoms with Crippen molar-refractivity contribution >= 4 is 27.5 Å². The molecule has 2 aromatic rings. The van der Waals surface area contributed by atoms with Crippen LogP contribution < -0.4 is 5.32 Å². The van der Waals surface area contributed by atoms with Crippen molar-refractivity contribution < 1.29 is 13.7 Å². The molecule has 0 saturated heterocycles. The molecule has 0 saturated carbocycles. The van der Waals surface area contributed by atoms with Gasteiger partial charge in [-0.3, -0.25) is 4.79 Å². The number of carbonyl (C=O) groups is 1. The van der Waals surface area contributed by atoms with E-state index in [9.17, 15) is 9.18 Å². The number of hydrogen-bond acceptors (Lipinski definition) is 3. The molecule has 1 atom stereocenters. The van der Waals surface area contributed by atoms with Crippen molar-refractivity contribution in [2.24, 2.45) is 0 Å². The van der Waals surface area contributed by atoms with Crippen LogP contribution >= 0.6 is 15.9 Å². The quantitative estimate of drug-likeness (QED) is 0.920. The highest BCUT2D eigenvalue weighted by Crippen LogP contribution is 2.26. The van der Waals surface area contributed by atoms with E-state index in [-0.39, 0.29) is 11.6 Å². The lowest BCUT2D eigenvalue weighted by molar-refractivity contribution is -0.117. The van der Waals surface area contributed by atoms with Crippen LogP contribution in [0.15, 0.2) is 27.2 Å². The summed E-state index contributed by atoms with van der Waals surface area (Å²) in [4.78, 5) is 12.2. The Labute approximate surface area is 124 Å². The van der Waals surface area contributed by atoms with Crippen molar-refractivity contribution in [3.8, 4) is 0 Å². The lowest BCUT2D eigenvalue weighted by Crippen LogP contribution is -2.20. The molecule has 1 N–H and O–H groups in total. The minimum absolute atomic E-state index is 0.142. The van der Waals surface area contributed by atoms with Gasteiger partial charge >= 0.3 is 0 Å². The Kier molecular flexibility index (Phi) is 4.23. The third-order valence-electron chi connectivity index (χ3n) is 3.10. The number of aromatic nitrogens is 1. The second kappa shape index (κ2) is 5.75. The maximum Gasteiger partial charge on any atom is 0.231 e. The zero-order chi connectivity index (χ0) is 14.9. The van der Waals surface area contributed by atoms with Crippen LogP contribution in [-0.4, -0.2) is 11.1 Å². The summed E-state index contributed by atoms with van der Waals surface area (Å²) in [6.07, 6.45) is 0. The topological polar surface area (TPSA) is 55.1 Å². The normalized spacial score (nSPS) is 12.2. The summed E-state index contributed by atoms with van der Waals surface area (Å²) < 4.78 is 19.4. The fraction of sp³-hybridized carbons (Fsp3) is 0.286. The van der Waals surface area contributed by atoms with E-state index in [1.54, 1.807) is 26.8 Å². The number of amides is 1. The van der Waals surface area contributed by atoms with Gasteiger partial charge in [0, 0.05) is 10.0 Å². The first-order valence-electron chi connectivity index (χ1n) is 6.09. The maximum atomic E-state index is 13.6. The fourth-order valence-electron chi connectivity index (χ4n) is 2.07. The van der Waals surface area contributed by atoms with Gasteiger partial charge in [0.2, 0.25) is 5.91 Å². The Hall–Kier alpha value is -1.69. The standard InChI is InChI=1S/C14H14BrFN2O2/c1-7(13-8(2)18-20-9(13)3)14(19)17-12-6-10(15)4-5-11(12)16/h4-7H,1-3H3,(H,17,19)/t7-/m0/s1. The van der Waals surface area contributed by atoms with Gasteiger partial charge in [-0.25, -0.2) is 4.39 Å². The molecule has 2 rings (SSSR count). The van der Waals surface area contributed by atoms with Crippen LogP contribution in [0.2, 0.25) is 0 Å². The molecular formula is C14H14BrFN2O2. The van der Waals surface area contributed by atoms with E-state index in [0.717, 1.165) is 5.56 Å². The van der Waals surface area contributed by atoms with Crippen molar-refractivity contribution in [2.75, 3.05) is 5.32 Å². The first-order valence-corrected chi connectivity index (χ1v) is 6.88. The molecule has 1 heterocycles. The third kappa shape index (κ3) is 2.90. The molecule has 0 aliphatic rings. The Morgan fingerprint density at radius 1 is 1.45 bits per heavy atom. The molecule has 0 radical (unpaired) electrons. The maximum absolute atomic E-state index is 13.6. The highest BCUT2D eigenvalue weighted by Gasteiger charge is 2.23. The first kappa shape index (κ1) is 14.7. The molecule has 20 heavy (non-hydrogen) atoms. The van der Waals surface area contributed by atoms with Crippen molar-refractivity contribution in [2.45, 2.75) is 26.7 Å². The highest BCUT2D eigenvalue weighted by molar-refractivity contribution is 9.10. The van der Waals surface area contributed by atoms with Crippen LogP contribution in [0.3, 0.4) is 0 Å². The van der Waals surface area contributed by atoms with E-state index in [1.807, 2.05) is 0 Å². The van der Waals surface area contributed by atoms with Crippen molar-refractivity contribution in [3.63, 3.8) is 0 Å². The molecule has 0 bridgehead atoms. The number of nitrogens with zero attached hydrogens (tertiary/aromatic N) is 1. The van der Waals surface area contributed by atoms with Gasteiger partial charge in [-0.05, 0) is 39.0 Å². The molecular weight excluding hydrogens is 327 g/mol. The van der Waals surface area contributed by atoms with E-state index in [0.29, 0.717) is 15.9 Å². The van der Waals surface area contributed by atoms with E-state index < -0.39 is 11.7 Å². The average molecular weight is 341 g/mol. The number of benzene rings is 1. The zero-order valence-electron chi connectivity index (χ0n) is 11.3. The summed E-state index contributed by atoms with van der Waals surface area (Å²) in [5, 5.41) is 6.40. The number of aryl methyl sites for hydroxylation is 2. The van der Waals surface area contributed by atoms with E-state index in [1.165, 1.54) is 12.1 Å². The van der Waals surface area contributed by atoms with Crippen LogP contribution in [0.4, 0.5) is 10.1 Å². The molecule has 1 amide bonds. The van der Waals surface area contributed by atoms with E-state index >= 15 is 0 Å². The number of rotatable bonds is 3. The van der Waals surface area contributed by atoms with Gasteiger partial charge in [0.1, 0.15) is 11.6 Å². The number of hydrogen-bond donors (Lipinski definition) is 1. The fourth-order valence-corrected chi connectivity index (χ4v) is 2.43. The summed E-state index contributed by atoms with van der Waals surface area (Å²) in [6, 6.07) is 4.39. The Morgan fingerprint density at radius 2 is 2.15 bits per heavy atom. The molecule has 1 aromatic heterocycles. The third-order valence-corrected chi connectivity index (χ3v) is 3.59. The molecule has 0 fully saturated rings. The molecule has 0 spiro atoms. The van der Waals surface area contributed by atoms with Gasteiger partial charge in [0.05, 0.1) is 17.3 Å². The molecule has 0 aliphatic heterocycles. The predicted octanol–water partition coefficient (Wildman–Crippen LogP) is 3.94. The number of carbonyl (C=O) groups excluding carboxylic acids is 1. The zero-order valence-corrected chi connectivity index (χ0v) is 12.9. The largest absolute Gasteiger partial charge is 0.361 e. The van der Waals surface area contributed by atoms with Crippen molar-refractivity contribution in [1.29, 1.82) is 0 Å². The highest BCUT2D eigenvalue weighted by atomic mass is 79.9. The lowest BCUT2D eigenvalue weighted by Gasteiger charge is -2.12. The number of nitrogens with one attached hydrogen (secondary N) is 1. The minimum Gasteiger partial charge on any atom is -0.361 e.